The van der Waals surface area contributed by atoms with Gasteiger partial charge in [-0.15, -0.1) is 12.4 Å². The monoisotopic (exact) mass is 300 g/mol. The van der Waals surface area contributed by atoms with Crippen molar-refractivity contribution >= 4 is 24.0 Å². The van der Waals surface area contributed by atoms with Crippen LogP contribution in [0.2, 0.25) is 0 Å². The van der Waals surface area contributed by atoms with Gasteiger partial charge in [-0.25, -0.2) is 0 Å². The quantitative estimate of drug-likeness (QED) is 0.872. The van der Waals surface area contributed by atoms with Gasteiger partial charge >= 0.3 is 0 Å². The molecule has 5 nitrogen and oxygen atoms in total. The van der Waals surface area contributed by atoms with E-state index in [4.69, 9.17) is 15.2 Å². The minimum Gasteiger partial charge on any atom is -0.491 e. The lowest BCUT2D eigenvalue weighted by Crippen LogP contribution is -2.32. The van der Waals surface area contributed by atoms with E-state index in [0.29, 0.717) is 12.3 Å². The topological polar surface area (TPSA) is 73.6 Å². The number of benzene rings is 1. The summed E-state index contributed by atoms with van der Waals surface area (Å²) >= 11 is 0. The number of hydrogen-bond donors (Lipinski definition) is 2. The molecular formula is C14H21ClN2O3. The van der Waals surface area contributed by atoms with E-state index < -0.39 is 6.04 Å². The average molecular weight is 301 g/mol. The number of carbonyl (C=O) groups is 1. The van der Waals surface area contributed by atoms with Crippen molar-refractivity contribution < 1.29 is 14.3 Å². The highest BCUT2D eigenvalue weighted by atomic mass is 35.5. The van der Waals surface area contributed by atoms with Crippen LogP contribution in [0.25, 0.3) is 0 Å². The Morgan fingerprint density at radius 2 is 2.40 bits per heavy atom. The van der Waals surface area contributed by atoms with Crippen LogP contribution in [0, 0.1) is 0 Å². The minimum atomic E-state index is -0.531. The highest BCUT2D eigenvalue weighted by Gasteiger charge is 2.16. The molecule has 1 aliphatic rings. The van der Waals surface area contributed by atoms with Crippen molar-refractivity contribution in [3.8, 4) is 5.75 Å². The summed E-state index contributed by atoms with van der Waals surface area (Å²) in [4.78, 5) is 11.5. The normalized spacial score (nSPS) is 19.0. The SMILES string of the molecule is CC(N)C(=O)Nc1cccc(OCC2CCCO2)c1.Cl. The summed E-state index contributed by atoms with van der Waals surface area (Å²) < 4.78 is 11.2. The van der Waals surface area contributed by atoms with E-state index in [1.807, 2.05) is 12.1 Å². The first-order valence-electron chi connectivity index (χ1n) is 6.56. The summed E-state index contributed by atoms with van der Waals surface area (Å²) in [6, 6.07) is 6.75. The summed E-state index contributed by atoms with van der Waals surface area (Å²) in [5.74, 6) is 0.509. The third-order valence-electron chi connectivity index (χ3n) is 2.98. The van der Waals surface area contributed by atoms with Crippen LogP contribution in [-0.4, -0.2) is 31.3 Å². The predicted molar refractivity (Wildman–Crippen MR) is 80.4 cm³/mol. The number of hydrogen-bond acceptors (Lipinski definition) is 4. The van der Waals surface area contributed by atoms with Gasteiger partial charge in [0.1, 0.15) is 12.4 Å². The molecular weight excluding hydrogens is 280 g/mol. The number of rotatable bonds is 5. The van der Waals surface area contributed by atoms with Crippen molar-refractivity contribution in [3.63, 3.8) is 0 Å². The molecule has 1 aromatic rings. The third kappa shape index (κ3) is 5.00. The molecule has 0 spiro atoms. The Morgan fingerprint density at radius 1 is 1.60 bits per heavy atom. The molecule has 112 valence electrons. The number of nitrogens with one attached hydrogen (secondary N) is 1. The molecule has 1 aliphatic heterocycles. The predicted octanol–water partition coefficient (Wildman–Crippen LogP) is 1.95. The standard InChI is InChI=1S/C14H20N2O3.ClH/c1-10(15)14(17)16-11-4-2-5-12(8-11)19-9-13-6-3-7-18-13;/h2,4-5,8,10,13H,3,6-7,9,15H2,1H3,(H,16,17);1H. The van der Waals surface area contributed by atoms with Gasteiger partial charge < -0.3 is 20.5 Å². The van der Waals surface area contributed by atoms with Crippen molar-refractivity contribution in [2.75, 3.05) is 18.5 Å². The molecule has 1 heterocycles. The highest BCUT2D eigenvalue weighted by Crippen LogP contribution is 2.19. The fraction of sp³-hybridized carbons (Fsp3) is 0.500. The molecule has 0 aliphatic carbocycles. The second-order valence-corrected chi connectivity index (χ2v) is 4.75. The Kier molecular flexibility index (Phi) is 6.78. The van der Waals surface area contributed by atoms with Gasteiger partial charge in [0.2, 0.25) is 5.91 Å². The lowest BCUT2D eigenvalue weighted by molar-refractivity contribution is -0.117. The minimum absolute atomic E-state index is 0. The summed E-state index contributed by atoms with van der Waals surface area (Å²) in [5, 5.41) is 2.73. The summed E-state index contributed by atoms with van der Waals surface area (Å²) in [5.41, 5.74) is 6.19. The van der Waals surface area contributed by atoms with Crippen LogP contribution in [0.5, 0.6) is 5.75 Å². The van der Waals surface area contributed by atoms with Gasteiger partial charge in [0.25, 0.3) is 0 Å². The fourth-order valence-corrected chi connectivity index (χ4v) is 1.88. The van der Waals surface area contributed by atoms with Crippen LogP contribution in [0.15, 0.2) is 24.3 Å². The molecule has 20 heavy (non-hydrogen) atoms. The van der Waals surface area contributed by atoms with Crippen molar-refractivity contribution in [2.45, 2.75) is 31.9 Å². The molecule has 1 fully saturated rings. The Morgan fingerprint density at radius 3 is 3.05 bits per heavy atom. The van der Waals surface area contributed by atoms with Gasteiger partial charge in [0, 0.05) is 18.4 Å². The zero-order valence-electron chi connectivity index (χ0n) is 11.5. The summed E-state index contributed by atoms with van der Waals surface area (Å²) in [7, 11) is 0. The second kappa shape index (κ2) is 8.09. The van der Waals surface area contributed by atoms with Crippen LogP contribution in [0.1, 0.15) is 19.8 Å². The average Bonchev–Trinajstić information content (AvgIpc) is 2.90. The molecule has 2 atom stereocenters. The first-order chi connectivity index (χ1) is 9.15. The molecule has 1 amide bonds. The lowest BCUT2D eigenvalue weighted by atomic mass is 10.2. The van der Waals surface area contributed by atoms with Crippen LogP contribution in [0.3, 0.4) is 0 Å². The Balaban J connectivity index is 0.00000200. The third-order valence-corrected chi connectivity index (χ3v) is 2.98. The van der Waals surface area contributed by atoms with Gasteiger partial charge in [0.05, 0.1) is 12.1 Å². The van der Waals surface area contributed by atoms with Crippen LogP contribution >= 0.6 is 12.4 Å². The smallest absolute Gasteiger partial charge is 0.241 e. The number of anilines is 1. The van der Waals surface area contributed by atoms with Crippen LogP contribution < -0.4 is 15.8 Å². The van der Waals surface area contributed by atoms with E-state index in [-0.39, 0.29) is 24.4 Å². The van der Waals surface area contributed by atoms with E-state index >= 15 is 0 Å². The molecule has 0 radical (unpaired) electrons. The van der Waals surface area contributed by atoms with Crippen molar-refractivity contribution in [1.29, 1.82) is 0 Å². The zero-order valence-corrected chi connectivity index (χ0v) is 12.3. The van der Waals surface area contributed by atoms with Crippen molar-refractivity contribution in [3.05, 3.63) is 24.3 Å². The van der Waals surface area contributed by atoms with E-state index in [2.05, 4.69) is 5.32 Å². The summed E-state index contributed by atoms with van der Waals surface area (Å²) in [6.07, 6.45) is 2.32. The van der Waals surface area contributed by atoms with Crippen LogP contribution in [-0.2, 0) is 9.53 Å². The van der Waals surface area contributed by atoms with E-state index in [0.717, 1.165) is 25.2 Å². The molecule has 0 aromatic heterocycles. The second-order valence-electron chi connectivity index (χ2n) is 4.75. The highest BCUT2D eigenvalue weighted by molar-refractivity contribution is 5.94. The first-order valence-corrected chi connectivity index (χ1v) is 6.56. The lowest BCUT2D eigenvalue weighted by Gasteiger charge is -2.13. The Hall–Kier alpha value is -1.30. The van der Waals surface area contributed by atoms with Gasteiger partial charge in [-0.3, -0.25) is 4.79 Å². The van der Waals surface area contributed by atoms with Gasteiger partial charge in [-0.2, -0.15) is 0 Å². The molecule has 3 N–H and O–H groups in total. The maximum absolute atomic E-state index is 11.5. The number of nitrogens with two attached hydrogens (primary N) is 1. The molecule has 2 unspecified atom stereocenters. The largest absolute Gasteiger partial charge is 0.491 e. The van der Waals surface area contributed by atoms with Gasteiger partial charge in [-0.05, 0) is 31.9 Å². The number of halogens is 1. The van der Waals surface area contributed by atoms with E-state index in [1.54, 1.807) is 19.1 Å². The molecule has 0 bridgehead atoms. The Labute approximate surface area is 125 Å². The first kappa shape index (κ1) is 16.8. The van der Waals surface area contributed by atoms with E-state index in [9.17, 15) is 4.79 Å². The molecule has 2 rings (SSSR count). The molecule has 1 saturated heterocycles. The van der Waals surface area contributed by atoms with Gasteiger partial charge in [0.15, 0.2) is 0 Å². The van der Waals surface area contributed by atoms with Crippen LogP contribution in [0.4, 0.5) is 5.69 Å². The number of carbonyl (C=O) groups excluding carboxylic acids is 1. The Bertz CT molecular complexity index is 434. The molecule has 1 aromatic carbocycles. The maximum Gasteiger partial charge on any atom is 0.241 e. The summed E-state index contributed by atoms with van der Waals surface area (Å²) in [6.45, 7) is 3.01. The van der Waals surface area contributed by atoms with E-state index in [1.165, 1.54) is 0 Å². The molecule has 0 saturated carbocycles. The maximum atomic E-state index is 11.5. The number of amides is 1. The molecule has 6 heteroatoms. The fourth-order valence-electron chi connectivity index (χ4n) is 1.88. The zero-order chi connectivity index (χ0) is 13.7. The number of ether oxygens (including phenoxy) is 2. The van der Waals surface area contributed by atoms with Gasteiger partial charge in [-0.1, -0.05) is 6.07 Å². The van der Waals surface area contributed by atoms with Crippen molar-refractivity contribution in [2.24, 2.45) is 5.73 Å². The van der Waals surface area contributed by atoms with Crippen molar-refractivity contribution in [1.82, 2.24) is 0 Å².